The molecule has 26 heavy (non-hydrogen) atoms. The lowest BCUT2D eigenvalue weighted by Gasteiger charge is -2.42. The van der Waals surface area contributed by atoms with Gasteiger partial charge in [0.15, 0.2) is 0 Å². The van der Waals surface area contributed by atoms with Gasteiger partial charge in [-0.05, 0) is 63.6 Å². The monoisotopic (exact) mass is 361 g/mol. The highest BCUT2D eigenvalue weighted by Gasteiger charge is 2.42. The van der Waals surface area contributed by atoms with Gasteiger partial charge in [0, 0.05) is 31.4 Å². The number of amides is 1. The zero-order valence-corrected chi connectivity index (χ0v) is 16.1. The maximum Gasteiger partial charge on any atom is 0.245 e. The third-order valence-corrected chi connectivity index (χ3v) is 5.76. The van der Waals surface area contributed by atoms with Crippen molar-refractivity contribution in [1.29, 1.82) is 0 Å². The van der Waals surface area contributed by atoms with Gasteiger partial charge in [-0.2, -0.15) is 0 Å². The fraction of sp³-hybridized carbons (Fsp3) is 0.667. The Morgan fingerprint density at radius 2 is 1.96 bits per heavy atom. The Balaban J connectivity index is 1.69. The molecule has 0 unspecified atom stereocenters. The highest BCUT2D eigenvalue weighted by atomic mass is 19.1. The molecule has 0 aromatic heterocycles. The van der Waals surface area contributed by atoms with Crippen LogP contribution in [0.2, 0.25) is 0 Å². The number of nitrogens with one attached hydrogen (secondary N) is 2. The molecule has 1 saturated heterocycles. The van der Waals surface area contributed by atoms with E-state index >= 15 is 0 Å². The van der Waals surface area contributed by atoms with Gasteiger partial charge in [0.2, 0.25) is 5.91 Å². The number of anilines is 1. The molecule has 1 amide bonds. The lowest BCUT2D eigenvalue weighted by Crippen LogP contribution is -2.59. The van der Waals surface area contributed by atoms with Crippen LogP contribution >= 0.6 is 0 Å². The van der Waals surface area contributed by atoms with Crippen molar-refractivity contribution in [1.82, 2.24) is 10.2 Å². The molecule has 5 heteroatoms. The van der Waals surface area contributed by atoms with Crippen molar-refractivity contribution in [3.05, 3.63) is 30.1 Å². The predicted molar refractivity (Wildman–Crippen MR) is 104 cm³/mol. The van der Waals surface area contributed by atoms with E-state index in [1.54, 1.807) is 6.07 Å². The van der Waals surface area contributed by atoms with Crippen LogP contribution in [0.3, 0.4) is 0 Å². The van der Waals surface area contributed by atoms with Crippen molar-refractivity contribution in [2.24, 2.45) is 5.92 Å². The first-order chi connectivity index (χ1) is 12.5. The van der Waals surface area contributed by atoms with E-state index in [4.69, 9.17) is 0 Å². The molecule has 1 aliphatic carbocycles. The van der Waals surface area contributed by atoms with Crippen LogP contribution in [0.25, 0.3) is 0 Å². The summed E-state index contributed by atoms with van der Waals surface area (Å²) in [5, 5.41) is 6.44. The molecule has 2 fully saturated rings. The number of carbonyl (C=O) groups is 1. The average Bonchev–Trinajstić information content (AvgIpc) is 3.09. The number of carbonyl (C=O) groups excluding carboxylic acids is 1. The first kappa shape index (κ1) is 19.2. The Morgan fingerprint density at radius 3 is 2.58 bits per heavy atom. The minimum atomic E-state index is -0.662. The van der Waals surface area contributed by atoms with Gasteiger partial charge in [-0.25, -0.2) is 4.39 Å². The molecule has 1 saturated carbocycles. The maximum atomic E-state index is 13.6. The Morgan fingerprint density at radius 1 is 1.27 bits per heavy atom. The van der Waals surface area contributed by atoms with Gasteiger partial charge in [0.25, 0.3) is 0 Å². The molecule has 2 N–H and O–H groups in total. The minimum Gasteiger partial charge on any atom is -0.371 e. The number of piperidine rings is 1. The molecule has 3 rings (SSSR count). The SMILES string of the molecule is CC(C)NC(=O)C1(Nc2cccc(F)c2)CCN(CC2CCCC2)CC1. The van der Waals surface area contributed by atoms with Crippen LogP contribution in [0.5, 0.6) is 0 Å². The zero-order valence-electron chi connectivity index (χ0n) is 16.1. The van der Waals surface area contributed by atoms with E-state index in [0.717, 1.165) is 38.4 Å². The summed E-state index contributed by atoms with van der Waals surface area (Å²) < 4.78 is 13.6. The lowest BCUT2D eigenvalue weighted by atomic mass is 9.85. The van der Waals surface area contributed by atoms with Gasteiger partial charge in [-0.1, -0.05) is 18.9 Å². The fourth-order valence-electron chi connectivity index (χ4n) is 4.33. The van der Waals surface area contributed by atoms with Crippen LogP contribution in [0, 0.1) is 11.7 Å². The van der Waals surface area contributed by atoms with Crippen LogP contribution in [0.15, 0.2) is 24.3 Å². The third kappa shape index (κ3) is 4.76. The zero-order chi connectivity index (χ0) is 18.6. The molecular formula is C21H32FN3O. The second-order valence-electron chi connectivity index (χ2n) is 8.30. The topological polar surface area (TPSA) is 44.4 Å². The van der Waals surface area contributed by atoms with Crippen LogP contribution in [0.4, 0.5) is 10.1 Å². The maximum absolute atomic E-state index is 13.6. The number of rotatable bonds is 6. The van der Waals surface area contributed by atoms with E-state index in [1.807, 2.05) is 19.9 Å². The number of hydrogen-bond donors (Lipinski definition) is 2. The van der Waals surface area contributed by atoms with Crippen LogP contribution in [-0.2, 0) is 4.79 Å². The van der Waals surface area contributed by atoms with Gasteiger partial charge >= 0.3 is 0 Å². The van der Waals surface area contributed by atoms with Crippen LogP contribution in [0.1, 0.15) is 52.4 Å². The summed E-state index contributed by atoms with van der Waals surface area (Å²) in [5.41, 5.74) is 0.0118. The summed E-state index contributed by atoms with van der Waals surface area (Å²) in [5.74, 6) is 0.563. The van der Waals surface area contributed by atoms with Crippen LogP contribution < -0.4 is 10.6 Å². The predicted octanol–water partition coefficient (Wildman–Crippen LogP) is 3.79. The number of nitrogens with zero attached hydrogens (tertiary/aromatic N) is 1. The molecule has 1 aromatic rings. The van der Waals surface area contributed by atoms with E-state index in [9.17, 15) is 9.18 Å². The number of likely N-dealkylation sites (tertiary alicyclic amines) is 1. The summed E-state index contributed by atoms with van der Waals surface area (Å²) >= 11 is 0. The molecule has 1 aliphatic heterocycles. The standard InChI is InChI=1S/C21H32FN3O/c1-16(2)23-20(26)21(24-19-9-5-8-18(22)14-19)10-12-25(13-11-21)15-17-6-3-4-7-17/h5,8-9,14,16-17,24H,3-4,6-7,10-13,15H2,1-2H3,(H,23,26). The molecule has 1 heterocycles. The fourth-order valence-corrected chi connectivity index (χ4v) is 4.33. The largest absolute Gasteiger partial charge is 0.371 e. The summed E-state index contributed by atoms with van der Waals surface area (Å²) in [6.45, 7) is 6.92. The molecule has 0 bridgehead atoms. The minimum absolute atomic E-state index is 0.0253. The van der Waals surface area contributed by atoms with Gasteiger partial charge < -0.3 is 15.5 Å². The van der Waals surface area contributed by atoms with Crippen molar-refractivity contribution in [2.75, 3.05) is 25.0 Å². The Hall–Kier alpha value is -1.62. The van der Waals surface area contributed by atoms with E-state index in [0.29, 0.717) is 5.69 Å². The average molecular weight is 362 g/mol. The highest BCUT2D eigenvalue weighted by Crippen LogP contribution is 2.31. The second kappa shape index (κ2) is 8.38. The summed E-state index contributed by atoms with van der Waals surface area (Å²) in [7, 11) is 0. The van der Waals surface area contributed by atoms with Crippen molar-refractivity contribution in [3.8, 4) is 0 Å². The van der Waals surface area contributed by atoms with E-state index in [-0.39, 0.29) is 17.8 Å². The normalized spacial score (nSPS) is 21.1. The molecule has 0 spiro atoms. The molecule has 2 aliphatic rings. The molecule has 0 radical (unpaired) electrons. The Kier molecular flexibility index (Phi) is 6.17. The van der Waals surface area contributed by atoms with Crippen molar-refractivity contribution >= 4 is 11.6 Å². The smallest absolute Gasteiger partial charge is 0.245 e. The molecule has 144 valence electrons. The molecular weight excluding hydrogens is 329 g/mol. The molecule has 1 aromatic carbocycles. The molecule has 0 atom stereocenters. The van der Waals surface area contributed by atoms with Gasteiger partial charge in [-0.3, -0.25) is 4.79 Å². The first-order valence-corrected chi connectivity index (χ1v) is 10.0. The van der Waals surface area contributed by atoms with Crippen molar-refractivity contribution < 1.29 is 9.18 Å². The van der Waals surface area contributed by atoms with E-state index in [2.05, 4.69) is 15.5 Å². The highest BCUT2D eigenvalue weighted by molar-refractivity contribution is 5.89. The second-order valence-corrected chi connectivity index (χ2v) is 8.30. The van der Waals surface area contributed by atoms with E-state index in [1.165, 1.54) is 37.8 Å². The number of hydrogen-bond acceptors (Lipinski definition) is 3. The number of halogens is 1. The first-order valence-electron chi connectivity index (χ1n) is 10.0. The third-order valence-electron chi connectivity index (χ3n) is 5.76. The molecule has 4 nitrogen and oxygen atoms in total. The summed E-state index contributed by atoms with van der Waals surface area (Å²) in [4.78, 5) is 15.5. The lowest BCUT2D eigenvalue weighted by molar-refractivity contribution is -0.127. The van der Waals surface area contributed by atoms with E-state index < -0.39 is 5.54 Å². The Bertz CT molecular complexity index is 605. The summed E-state index contributed by atoms with van der Waals surface area (Å²) in [6, 6.07) is 6.50. The van der Waals surface area contributed by atoms with Gasteiger partial charge in [0.1, 0.15) is 11.4 Å². The van der Waals surface area contributed by atoms with Gasteiger partial charge in [0.05, 0.1) is 0 Å². The van der Waals surface area contributed by atoms with Crippen molar-refractivity contribution in [3.63, 3.8) is 0 Å². The summed E-state index contributed by atoms with van der Waals surface area (Å²) in [6.07, 6.45) is 6.90. The number of benzene rings is 1. The van der Waals surface area contributed by atoms with Gasteiger partial charge in [-0.15, -0.1) is 0 Å². The quantitative estimate of drug-likeness (QED) is 0.810. The van der Waals surface area contributed by atoms with Crippen LogP contribution in [-0.4, -0.2) is 42.0 Å². The van der Waals surface area contributed by atoms with Crippen molar-refractivity contribution in [2.45, 2.75) is 64.0 Å². The Labute approximate surface area is 156 Å².